The van der Waals surface area contributed by atoms with E-state index in [1.807, 2.05) is 13.8 Å². The Morgan fingerprint density at radius 3 is 1.96 bits per heavy atom. The molecular weight excluding hydrogens is 671 g/mol. The first-order valence-electron chi connectivity index (χ1n) is 14.9. The molecule has 2 aromatic rings. The Morgan fingerprint density at radius 2 is 1.38 bits per heavy atom. The van der Waals surface area contributed by atoms with E-state index in [0.29, 0.717) is 27.6 Å². The second kappa shape index (κ2) is 19.8. The van der Waals surface area contributed by atoms with E-state index < -0.39 is 60.1 Å². The van der Waals surface area contributed by atoms with Crippen LogP contribution in [0.5, 0.6) is 0 Å². The molecule has 0 fully saturated rings. The number of carbonyl (C=O) groups excluding carboxylic acids is 4. The summed E-state index contributed by atoms with van der Waals surface area (Å²) in [5.74, 6) is -4.96. The van der Waals surface area contributed by atoms with Crippen molar-refractivity contribution in [2.45, 2.75) is 70.5 Å². The number of thiol groups is 1. The summed E-state index contributed by atoms with van der Waals surface area (Å²) in [5, 5.41) is 29.8. The van der Waals surface area contributed by atoms with Gasteiger partial charge < -0.3 is 31.5 Å². The molecule has 6 N–H and O–H groups in total. The fourth-order valence-corrected chi connectivity index (χ4v) is 5.39. The molecule has 0 aromatic heterocycles. The minimum Gasteiger partial charge on any atom is -0.481 e. The maximum Gasteiger partial charge on any atom is 0.307 e. The molecule has 256 valence electrons. The van der Waals surface area contributed by atoms with Crippen LogP contribution in [0.1, 0.15) is 49.8 Å². The van der Waals surface area contributed by atoms with Crippen LogP contribution in [0.15, 0.2) is 42.5 Å². The molecule has 0 spiro atoms. The topological polar surface area (TPSA) is 191 Å². The molecule has 0 saturated carbocycles. The SMILES string of the molecule is CC(C)C[C@H](NC(=O)[C@H](CCC(=O)O)NC(=O)Cc1ccccc1CC(=O)O)C(=O)N[C@@H](CS)C(=O)NCCc1ccc(Cl)cc1Cl. The van der Waals surface area contributed by atoms with Gasteiger partial charge in [0.15, 0.2) is 0 Å². The Kier molecular flexibility index (Phi) is 16.6. The molecule has 2 rings (SSSR count). The fraction of sp³-hybridized carbons (Fsp3) is 0.438. The van der Waals surface area contributed by atoms with E-state index in [9.17, 15) is 39.0 Å². The lowest BCUT2D eigenvalue weighted by atomic mass is 10.0. The molecule has 3 atom stereocenters. The van der Waals surface area contributed by atoms with Crippen molar-refractivity contribution in [3.8, 4) is 0 Å². The van der Waals surface area contributed by atoms with Gasteiger partial charge in [0.25, 0.3) is 0 Å². The van der Waals surface area contributed by atoms with Gasteiger partial charge in [-0.15, -0.1) is 0 Å². The number of amides is 4. The first kappa shape index (κ1) is 39.4. The molecule has 0 radical (unpaired) electrons. The van der Waals surface area contributed by atoms with Crippen LogP contribution in [0.4, 0.5) is 0 Å². The lowest BCUT2D eigenvalue weighted by Gasteiger charge is -2.26. The van der Waals surface area contributed by atoms with Gasteiger partial charge in [-0.2, -0.15) is 12.6 Å². The van der Waals surface area contributed by atoms with E-state index in [4.69, 9.17) is 23.2 Å². The summed E-state index contributed by atoms with van der Waals surface area (Å²) in [6.07, 6.45) is -0.679. The van der Waals surface area contributed by atoms with E-state index in [1.54, 1.807) is 42.5 Å². The standard InChI is InChI=1S/C32H40Cl2N4O8S/c1-18(2)13-25(32(46)38-26(17-47)30(44)35-12-11-19-7-8-22(33)16-23(19)34)37-31(45)24(9-10-28(40)41)36-27(39)14-20-5-3-4-6-21(20)15-29(42)43/h3-8,16,18,24-26,47H,9-15,17H2,1-2H3,(H,35,44)(H,36,39)(H,37,45)(H,38,46)(H,40,41)(H,42,43)/t24-,25-,26-/m0/s1. The Morgan fingerprint density at radius 1 is 0.766 bits per heavy atom. The van der Waals surface area contributed by atoms with E-state index >= 15 is 0 Å². The molecule has 0 bridgehead atoms. The minimum absolute atomic E-state index is 0.0394. The number of benzene rings is 2. The zero-order valence-electron chi connectivity index (χ0n) is 26.1. The molecule has 12 nitrogen and oxygen atoms in total. The summed E-state index contributed by atoms with van der Waals surface area (Å²) in [6, 6.07) is 8.02. The third kappa shape index (κ3) is 14.2. The Labute approximate surface area is 288 Å². The predicted molar refractivity (Wildman–Crippen MR) is 181 cm³/mol. The number of halogens is 2. The van der Waals surface area contributed by atoms with Crippen molar-refractivity contribution in [2.24, 2.45) is 5.92 Å². The number of nitrogens with one attached hydrogen (secondary N) is 4. The van der Waals surface area contributed by atoms with Crippen LogP contribution in [-0.2, 0) is 48.0 Å². The molecule has 2 aromatic carbocycles. The van der Waals surface area contributed by atoms with Crippen molar-refractivity contribution in [2.75, 3.05) is 12.3 Å². The van der Waals surface area contributed by atoms with Crippen LogP contribution in [-0.4, -0.2) is 76.2 Å². The van der Waals surface area contributed by atoms with Gasteiger partial charge in [0.05, 0.1) is 12.8 Å². The maximum absolute atomic E-state index is 13.4. The lowest BCUT2D eigenvalue weighted by molar-refractivity contribution is -0.138. The quantitative estimate of drug-likeness (QED) is 0.108. The molecule has 4 amide bonds. The molecule has 0 saturated heterocycles. The smallest absolute Gasteiger partial charge is 0.307 e. The third-order valence-corrected chi connectivity index (χ3v) is 7.93. The summed E-state index contributed by atoms with van der Waals surface area (Å²) in [4.78, 5) is 75.1. The van der Waals surface area contributed by atoms with E-state index in [0.717, 1.165) is 5.56 Å². The monoisotopic (exact) mass is 710 g/mol. The van der Waals surface area contributed by atoms with Gasteiger partial charge in [0.1, 0.15) is 18.1 Å². The van der Waals surface area contributed by atoms with Crippen LogP contribution >= 0.6 is 35.8 Å². The molecule has 0 aliphatic rings. The molecule has 0 aliphatic heterocycles. The van der Waals surface area contributed by atoms with Crippen molar-refractivity contribution < 1.29 is 39.0 Å². The van der Waals surface area contributed by atoms with Crippen LogP contribution in [0, 0.1) is 5.92 Å². The van der Waals surface area contributed by atoms with Crippen molar-refractivity contribution in [1.82, 2.24) is 21.3 Å². The summed E-state index contributed by atoms with van der Waals surface area (Å²) < 4.78 is 0. The number of carboxylic acid groups (broad SMARTS) is 2. The summed E-state index contributed by atoms with van der Waals surface area (Å²) in [7, 11) is 0. The minimum atomic E-state index is -1.31. The number of hydrogen-bond donors (Lipinski definition) is 7. The Bertz CT molecular complexity index is 1440. The van der Waals surface area contributed by atoms with Crippen molar-refractivity contribution in [1.29, 1.82) is 0 Å². The average Bonchev–Trinajstić information content (AvgIpc) is 2.98. The van der Waals surface area contributed by atoms with Gasteiger partial charge in [-0.05, 0) is 54.0 Å². The number of hydrogen-bond acceptors (Lipinski definition) is 7. The van der Waals surface area contributed by atoms with Gasteiger partial charge in [-0.1, -0.05) is 67.4 Å². The normalized spacial score (nSPS) is 12.8. The summed E-state index contributed by atoms with van der Waals surface area (Å²) in [5.41, 5.74) is 1.64. The number of carbonyl (C=O) groups is 6. The van der Waals surface area contributed by atoms with E-state index in [2.05, 4.69) is 33.9 Å². The predicted octanol–water partition coefficient (Wildman–Crippen LogP) is 2.82. The molecule has 0 heterocycles. The zero-order chi connectivity index (χ0) is 35.1. The number of carboxylic acids is 2. The average molecular weight is 712 g/mol. The van der Waals surface area contributed by atoms with E-state index in [-0.39, 0.29) is 43.9 Å². The van der Waals surface area contributed by atoms with Crippen molar-refractivity contribution >= 4 is 71.4 Å². The number of rotatable bonds is 19. The molecule has 0 unspecified atom stereocenters. The van der Waals surface area contributed by atoms with Crippen LogP contribution in [0.2, 0.25) is 10.0 Å². The van der Waals surface area contributed by atoms with Gasteiger partial charge >= 0.3 is 11.9 Å². The van der Waals surface area contributed by atoms with Crippen LogP contribution in [0.25, 0.3) is 0 Å². The Hall–Kier alpha value is -3.81. The second-order valence-corrected chi connectivity index (χ2v) is 12.5. The van der Waals surface area contributed by atoms with Crippen molar-refractivity contribution in [3.05, 3.63) is 69.2 Å². The third-order valence-electron chi connectivity index (χ3n) is 6.97. The largest absolute Gasteiger partial charge is 0.481 e. The molecule has 0 aliphatic carbocycles. The highest BCUT2D eigenvalue weighted by atomic mass is 35.5. The van der Waals surface area contributed by atoms with Gasteiger partial charge in [-0.25, -0.2) is 0 Å². The second-order valence-electron chi connectivity index (χ2n) is 11.3. The van der Waals surface area contributed by atoms with Gasteiger partial charge in [-0.3, -0.25) is 28.8 Å². The highest BCUT2D eigenvalue weighted by Gasteiger charge is 2.30. The van der Waals surface area contributed by atoms with Gasteiger partial charge in [0, 0.05) is 28.8 Å². The van der Waals surface area contributed by atoms with E-state index in [1.165, 1.54) is 0 Å². The van der Waals surface area contributed by atoms with Crippen LogP contribution in [0.3, 0.4) is 0 Å². The molecule has 47 heavy (non-hydrogen) atoms. The molecule has 15 heteroatoms. The van der Waals surface area contributed by atoms with Gasteiger partial charge in [0.2, 0.25) is 23.6 Å². The summed E-state index contributed by atoms with van der Waals surface area (Å²) >= 11 is 16.3. The lowest BCUT2D eigenvalue weighted by Crippen LogP contribution is -2.57. The highest BCUT2D eigenvalue weighted by Crippen LogP contribution is 2.21. The number of aliphatic carboxylic acids is 2. The first-order chi connectivity index (χ1) is 22.2. The van der Waals surface area contributed by atoms with Crippen LogP contribution < -0.4 is 21.3 Å². The Balaban J connectivity index is 2.10. The molecular formula is C32H40Cl2N4O8S. The zero-order valence-corrected chi connectivity index (χ0v) is 28.5. The fourth-order valence-electron chi connectivity index (χ4n) is 4.63. The van der Waals surface area contributed by atoms with Crippen molar-refractivity contribution in [3.63, 3.8) is 0 Å². The summed E-state index contributed by atoms with van der Waals surface area (Å²) in [6.45, 7) is 3.88. The maximum atomic E-state index is 13.4. The first-order valence-corrected chi connectivity index (χ1v) is 16.3. The highest BCUT2D eigenvalue weighted by molar-refractivity contribution is 7.80.